The fourth-order valence-electron chi connectivity index (χ4n) is 2.89. The highest BCUT2D eigenvalue weighted by Gasteiger charge is 2.06. The highest BCUT2D eigenvalue weighted by molar-refractivity contribution is 5.92. The number of aryl methyl sites for hydroxylation is 1. The maximum Gasteiger partial charge on any atom is 0.381 e. The number of benzene rings is 2. The average molecular weight is 426 g/mol. The SMILES string of the molecule is Nc1ccc2ncnc(Nc3ccc(Oc4cnc(CCC#CC(=O)O)cn4)cc3)c2c1. The molecule has 0 amide bonds. The summed E-state index contributed by atoms with van der Waals surface area (Å²) in [4.78, 5) is 27.4. The number of nitrogens with zero attached hydrogens (tertiary/aromatic N) is 4. The van der Waals surface area contributed by atoms with Crippen LogP contribution in [0.1, 0.15) is 12.1 Å². The first-order chi connectivity index (χ1) is 15.6. The molecule has 9 nitrogen and oxygen atoms in total. The predicted molar refractivity (Wildman–Crippen MR) is 120 cm³/mol. The van der Waals surface area contributed by atoms with Crippen LogP contribution in [-0.2, 0) is 11.2 Å². The minimum Gasteiger partial charge on any atom is -0.472 e. The number of nitrogen functional groups attached to an aromatic ring is 1. The van der Waals surface area contributed by atoms with Gasteiger partial charge in [0, 0.05) is 35.5 Å². The maximum atomic E-state index is 10.4. The van der Waals surface area contributed by atoms with Crippen molar-refractivity contribution in [2.75, 3.05) is 11.1 Å². The number of aliphatic carboxylic acids is 1. The summed E-state index contributed by atoms with van der Waals surface area (Å²) in [6.07, 6.45) is 5.50. The molecule has 0 unspecified atom stereocenters. The number of fused-ring (bicyclic) bond motifs is 1. The van der Waals surface area contributed by atoms with Gasteiger partial charge in [0.15, 0.2) is 0 Å². The van der Waals surface area contributed by atoms with E-state index in [0.29, 0.717) is 41.7 Å². The lowest BCUT2D eigenvalue weighted by atomic mass is 10.2. The molecule has 0 radical (unpaired) electrons. The number of aromatic nitrogens is 4. The van der Waals surface area contributed by atoms with Crippen LogP contribution < -0.4 is 15.8 Å². The third-order valence-corrected chi connectivity index (χ3v) is 4.38. The zero-order chi connectivity index (χ0) is 22.3. The summed E-state index contributed by atoms with van der Waals surface area (Å²) < 4.78 is 5.73. The van der Waals surface area contributed by atoms with Gasteiger partial charge in [0.05, 0.1) is 23.6 Å². The van der Waals surface area contributed by atoms with E-state index in [9.17, 15) is 4.79 Å². The summed E-state index contributed by atoms with van der Waals surface area (Å²) in [5.41, 5.74) is 8.85. The van der Waals surface area contributed by atoms with E-state index in [1.165, 1.54) is 12.5 Å². The first-order valence-electron chi connectivity index (χ1n) is 9.65. The fourth-order valence-corrected chi connectivity index (χ4v) is 2.89. The normalized spacial score (nSPS) is 10.2. The van der Waals surface area contributed by atoms with Gasteiger partial charge in [-0.1, -0.05) is 5.92 Å². The second-order valence-corrected chi connectivity index (χ2v) is 6.70. The molecular formula is C23H18N6O3. The van der Waals surface area contributed by atoms with Crippen LogP contribution in [0.4, 0.5) is 17.2 Å². The van der Waals surface area contributed by atoms with Crippen LogP contribution in [0, 0.1) is 11.8 Å². The molecule has 0 atom stereocenters. The van der Waals surface area contributed by atoms with Gasteiger partial charge in [0.1, 0.15) is 17.9 Å². The Balaban J connectivity index is 1.39. The Labute approximate surface area is 183 Å². The molecule has 0 spiro atoms. The van der Waals surface area contributed by atoms with Crippen molar-refractivity contribution in [2.24, 2.45) is 0 Å². The molecule has 4 aromatic rings. The number of rotatable bonds is 6. The third kappa shape index (κ3) is 5.25. The standard InChI is InChI=1S/C23H18N6O3/c24-15-5-10-20-19(11-15)23(28-14-27-20)29-16-6-8-18(9-7-16)32-21-13-25-17(12-26-21)3-1-2-4-22(30)31/h5-14H,1,3,24H2,(H,30,31)(H,27,28,29). The molecule has 158 valence electrons. The summed E-state index contributed by atoms with van der Waals surface area (Å²) in [5, 5.41) is 12.6. The van der Waals surface area contributed by atoms with Crippen LogP contribution in [-0.4, -0.2) is 31.0 Å². The van der Waals surface area contributed by atoms with Crippen LogP contribution in [0.25, 0.3) is 10.9 Å². The lowest BCUT2D eigenvalue weighted by molar-refractivity contribution is -0.130. The molecule has 0 aliphatic heterocycles. The van der Waals surface area contributed by atoms with Gasteiger partial charge in [0.2, 0.25) is 5.88 Å². The summed E-state index contributed by atoms with van der Waals surface area (Å²) >= 11 is 0. The van der Waals surface area contributed by atoms with Gasteiger partial charge in [0.25, 0.3) is 0 Å². The van der Waals surface area contributed by atoms with Crippen LogP contribution >= 0.6 is 0 Å². The smallest absolute Gasteiger partial charge is 0.381 e. The van der Waals surface area contributed by atoms with Crippen molar-refractivity contribution >= 4 is 34.1 Å². The van der Waals surface area contributed by atoms with Crippen LogP contribution in [0.5, 0.6) is 11.6 Å². The number of hydrogen-bond donors (Lipinski definition) is 3. The van der Waals surface area contributed by atoms with Crippen LogP contribution in [0.15, 0.2) is 61.2 Å². The Morgan fingerprint density at radius 1 is 1.06 bits per heavy atom. The van der Waals surface area contributed by atoms with E-state index in [0.717, 1.165) is 16.6 Å². The fraction of sp³-hybridized carbons (Fsp3) is 0.0870. The van der Waals surface area contributed by atoms with E-state index in [2.05, 4.69) is 37.1 Å². The van der Waals surface area contributed by atoms with Crippen molar-refractivity contribution in [3.8, 4) is 23.5 Å². The van der Waals surface area contributed by atoms with Crippen molar-refractivity contribution in [3.05, 3.63) is 66.9 Å². The summed E-state index contributed by atoms with van der Waals surface area (Å²) in [7, 11) is 0. The largest absolute Gasteiger partial charge is 0.472 e. The molecule has 9 heteroatoms. The van der Waals surface area contributed by atoms with E-state index >= 15 is 0 Å². The second-order valence-electron chi connectivity index (χ2n) is 6.70. The van der Waals surface area contributed by atoms with Gasteiger partial charge < -0.3 is 20.9 Å². The molecule has 0 aliphatic carbocycles. The predicted octanol–water partition coefficient (Wildman–Crippen LogP) is 3.56. The highest BCUT2D eigenvalue weighted by Crippen LogP contribution is 2.26. The molecule has 0 aliphatic rings. The first-order valence-corrected chi connectivity index (χ1v) is 9.65. The highest BCUT2D eigenvalue weighted by atomic mass is 16.5. The number of carboxylic acid groups (broad SMARTS) is 1. The molecule has 4 N–H and O–H groups in total. The van der Waals surface area contributed by atoms with Crippen molar-refractivity contribution < 1.29 is 14.6 Å². The quantitative estimate of drug-likeness (QED) is 0.312. The van der Waals surface area contributed by atoms with E-state index in [4.69, 9.17) is 15.6 Å². The summed E-state index contributed by atoms with van der Waals surface area (Å²) in [6, 6.07) is 12.8. The molecule has 0 saturated heterocycles. The molecule has 32 heavy (non-hydrogen) atoms. The zero-order valence-corrected chi connectivity index (χ0v) is 16.8. The Hall–Kier alpha value is -4.71. The Morgan fingerprint density at radius 3 is 2.66 bits per heavy atom. The van der Waals surface area contributed by atoms with E-state index < -0.39 is 5.97 Å². The minimum absolute atomic E-state index is 0.350. The first kappa shape index (κ1) is 20.6. The Kier molecular flexibility index (Phi) is 6.04. The van der Waals surface area contributed by atoms with E-state index in [-0.39, 0.29) is 0 Å². The van der Waals surface area contributed by atoms with Gasteiger partial charge in [-0.15, -0.1) is 0 Å². The zero-order valence-electron chi connectivity index (χ0n) is 16.8. The lowest BCUT2D eigenvalue weighted by Gasteiger charge is -2.10. The Bertz CT molecular complexity index is 1310. The van der Waals surface area contributed by atoms with Crippen molar-refractivity contribution in [1.29, 1.82) is 0 Å². The van der Waals surface area contributed by atoms with Crippen LogP contribution in [0.2, 0.25) is 0 Å². The van der Waals surface area contributed by atoms with Gasteiger partial charge >= 0.3 is 5.97 Å². The lowest BCUT2D eigenvalue weighted by Crippen LogP contribution is -1.97. The molecule has 0 saturated carbocycles. The third-order valence-electron chi connectivity index (χ3n) is 4.38. The molecule has 0 fully saturated rings. The maximum absolute atomic E-state index is 10.4. The van der Waals surface area contributed by atoms with E-state index in [1.807, 2.05) is 24.3 Å². The number of hydrogen-bond acceptors (Lipinski definition) is 8. The number of carbonyl (C=O) groups is 1. The number of ether oxygens (including phenoxy) is 1. The molecular weight excluding hydrogens is 408 g/mol. The van der Waals surface area contributed by atoms with Gasteiger partial charge in [-0.25, -0.2) is 19.7 Å². The molecule has 4 rings (SSSR count). The number of nitrogens with two attached hydrogens (primary N) is 1. The monoisotopic (exact) mass is 426 g/mol. The van der Waals surface area contributed by atoms with Crippen LogP contribution in [0.3, 0.4) is 0 Å². The Morgan fingerprint density at radius 2 is 1.91 bits per heavy atom. The molecule has 2 aromatic carbocycles. The number of nitrogens with one attached hydrogen (secondary N) is 1. The second kappa shape index (κ2) is 9.40. The minimum atomic E-state index is -1.14. The van der Waals surface area contributed by atoms with Gasteiger partial charge in [-0.2, -0.15) is 0 Å². The summed E-state index contributed by atoms with van der Waals surface area (Å²) in [6.45, 7) is 0. The van der Waals surface area contributed by atoms with E-state index in [1.54, 1.807) is 24.4 Å². The van der Waals surface area contributed by atoms with Gasteiger partial charge in [-0.3, -0.25) is 4.98 Å². The average Bonchev–Trinajstić information content (AvgIpc) is 2.79. The van der Waals surface area contributed by atoms with Gasteiger partial charge in [-0.05, 0) is 42.5 Å². The number of anilines is 3. The van der Waals surface area contributed by atoms with Crippen molar-refractivity contribution in [1.82, 2.24) is 19.9 Å². The number of carboxylic acids is 1. The molecule has 0 bridgehead atoms. The summed E-state index contributed by atoms with van der Waals surface area (Å²) in [5.74, 6) is 5.09. The molecule has 2 heterocycles. The topological polar surface area (TPSA) is 136 Å². The molecule has 2 aromatic heterocycles. The van der Waals surface area contributed by atoms with Crippen molar-refractivity contribution in [3.63, 3.8) is 0 Å². The van der Waals surface area contributed by atoms with Crippen molar-refractivity contribution in [2.45, 2.75) is 12.8 Å².